The second-order valence-electron chi connectivity index (χ2n) is 2.38. The second-order valence-corrected chi connectivity index (χ2v) is 3.48. The maximum atomic E-state index is 11.2. The van der Waals surface area contributed by atoms with Crippen molar-refractivity contribution in [1.29, 1.82) is 0 Å². The average molecular weight is 219 g/mol. The molecule has 0 fully saturated rings. The first kappa shape index (κ1) is 10.4. The third-order valence-corrected chi connectivity index (χ3v) is 2.07. The van der Waals surface area contributed by atoms with Gasteiger partial charge in [-0.25, -0.2) is 4.79 Å². The van der Waals surface area contributed by atoms with Crippen LogP contribution in [0.1, 0.15) is 20.8 Å². The van der Waals surface area contributed by atoms with Crippen molar-refractivity contribution in [3.05, 3.63) is 35.4 Å². The molecule has 13 heavy (non-hydrogen) atoms. The smallest absolute Gasteiger partial charge is 0.338 e. The summed E-state index contributed by atoms with van der Waals surface area (Å²) < 4.78 is 4.57. The van der Waals surface area contributed by atoms with Crippen molar-refractivity contribution in [3.63, 3.8) is 0 Å². The van der Waals surface area contributed by atoms with E-state index in [0.29, 0.717) is 11.1 Å². The number of carbonyl (C=O) groups is 1. The van der Waals surface area contributed by atoms with Crippen LogP contribution in [-0.4, -0.2) is 13.1 Å². The van der Waals surface area contributed by atoms with E-state index in [4.69, 9.17) is 23.2 Å². The summed E-state index contributed by atoms with van der Waals surface area (Å²) in [4.78, 5) is 10.5. The Morgan fingerprint density at radius 3 is 2.54 bits per heavy atom. The Hall–Kier alpha value is -0.730. The highest BCUT2D eigenvalue weighted by molar-refractivity contribution is 6.44. The summed E-state index contributed by atoms with van der Waals surface area (Å²) >= 11 is 11.3. The van der Waals surface area contributed by atoms with Crippen LogP contribution in [0.2, 0.25) is 0 Å². The minimum Gasteiger partial charge on any atom is -0.465 e. The fourth-order valence-corrected chi connectivity index (χ4v) is 1.36. The van der Waals surface area contributed by atoms with Gasteiger partial charge in [0.2, 0.25) is 0 Å². The van der Waals surface area contributed by atoms with Crippen LogP contribution in [0.3, 0.4) is 0 Å². The summed E-state index contributed by atoms with van der Waals surface area (Å²) in [6, 6.07) is 6.81. The second kappa shape index (κ2) is 4.49. The van der Waals surface area contributed by atoms with Gasteiger partial charge < -0.3 is 4.74 Å². The molecule has 70 valence electrons. The fourth-order valence-electron chi connectivity index (χ4n) is 0.983. The van der Waals surface area contributed by atoms with Gasteiger partial charge in [0.1, 0.15) is 4.84 Å². The van der Waals surface area contributed by atoms with Gasteiger partial charge in [0.25, 0.3) is 0 Å². The van der Waals surface area contributed by atoms with Gasteiger partial charge in [-0.1, -0.05) is 18.2 Å². The zero-order valence-electron chi connectivity index (χ0n) is 6.96. The molecular formula is C9H8Cl2O2. The molecule has 0 heterocycles. The van der Waals surface area contributed by atoms with Gasteiger partial charge in [0.15, 0.2) is 0 Å². The molecule has 1 aromatic rings. The first-order valence-electron chi connectivity index (χ1n) is 3.62. The molecule has 0 spiro atoms. The Morgan fingerprint density at radius 1 is 1.38 bits per heavy atom. The molecule has 0 aliphatic heterocycles. The number of halogens is 2. The molecule has 0 bridgehead atoms. The number of ether oxygens (including phenoxy) is 1. The lowest BCUT2D eigenvalue weighted by Crippen LogP contribution is -2.05. The van der Waals surface area contributed by atoms with E-state index in [1.54, 1.807) is 24.3 Å². The van der Waals surface area contributed by atoms with Crippen LogP contribution in [0.15, 0.2) is 24.3 Å². The molecule has 0 saturated heterocycles. The van der Waals surface area contributed by atoms with E-state index in [9.17, 15) is 4.79 Å². The third kappa shape index (κ3) is 2.36. The molecule has 0 amide bonds. The number of esters is 1. The van der Waals surface area contributed by atoms with E-state index in [1.165, 1.54) is 7.11 Å². The molecule has 2 nitrogen and oxygen atoms in total. The molecule has 1 rings (SSSR count). The number of methoxy groups -OCH3 is 1. The molecule has 0 radical (unpaired) electrons. The summed E-state index contributed by atoms with van der Waals surface area (Å²) in [7, 11) is 1.32. The minimum atomic E-state index is -0.713. The van der Waals surface area contributed by atoms with Crippen LogP contribution in [0.5, 0.6) is 0 Å². The Morgan fingerprint density at radius 2 is 2.00 bits per heavy atom. The highest BCUT2D eigenvalue weighted by atomic mass is 35.5. The van der Waals surface area contributed by atoms with Crippen LogP contribution in [0.4, 0.5) is 0 Å². The van der Waals surface area contributed by atoms with Crippen molar-refractivity contribution in [1.82, 2.24) is 0 Å². The molecule has 0 aliphatic rings. The number of hydrogen-bond donors (Lipinski definition) is 0. The number of benzene rings is 1. The van der Waals surface area contributed by atoms with Crippen LogP contribution < -0.4 is 0 Å². The molecule has 0 aliphatic carbocycles. The lowest BCUT2D eigenvalue weighted by Gasteiger charge is -2.07. The largest absolute Gasteiger partial charge is 0.465 e. The number of rotatable bonds is 2. The first-order chi connectivity index (χ1) is 6.16. The fraction of sp³-hybridized carbons (Fsp3) is 0.222. The minimum absolute atomic E-state index is 0.403. The van der Waals surface area contributed by atoms with Crippen molar-refractivity contribution >= 4 is 29.2 Å². The van der Waals surface area contributed by atoms with Gasteiger partial charge in [-0.3, -0.25) is 0 Å². The molecule has 0 atom stereocenters. The Bertz CT molecular complexity index is 310. The average Bonchev–Trinajstić information content (AvgIpc) is 2.16. The first-order valence-corrected chi connectivity index (χ1v) is 4.49. The predicted molar refractivity (Wildman–Crippen MR) is 52.2 cm³/mol. The summed E-state index contributed by atoms with van der Waals surface area (Å²) in [6.45, 7) is 0. The number of carbonyl (C=O) groups excluding carboxylic acids is 1. The van der Waals surface area contributed by atoms with Crippen LogP contribution in [-0.2, 0) is 4.74 Å². The van der Waals surface area contributed by atoms with E-state index in [1.807, 2.05) is 0 Å². The van der Waals surface area contributed by atoms with Gasteiger partial charge in [-0.05, 0) is 11.6 Å². The molecule has 0 N–H and O–H groups in total. The monoisotopic (exact) mass is 218 g/mol. The highest BCUT2D eigenvalue weighted by Gasteiger charge is 2.14. The molecule has 0 aromatic heterocycles. The van der Waals surface area contributed by atoms with Crippen molar-refractivity contribution in [2.24, 2.45) is 0 Å². The topological polar surface area (TPSA) is 26.3 Å². The van der Waals surface area contributed by atoms with E-state index >= 15 is 0 Å². The molecular weight excluding hydrogens is 211 g/mol. The normalized spacial score (nSPS) is 10.2. The maximum absolute atomic E-state index is 11.2. The van der Waals surface area contributed by atoms with Crippen molar-refractivity contribution < 1.29 is 9.53 Å². The Kier molecular flexibility index (Phi) is 3.58. The van der Waals surface area contributed by atoms with E-state index in [0.717, 1.165) is 0 Å². The lowest BCUT2D eigenvalue weighted by molar-refractivity contribution is 0.0599. The summed E-state index contributed by atoms with van der Waals surface area (Å²) in [6.07, 6.45) is 0. The summed E-state index contributed by atoms with van der Waals surface area (Å²) in [5.74, 6) is -0.429. The maximum Gasteiger partial charge on any atom is 0.338 e. The zero-order valence-corrected chi connectivity index (χ0v) is 8.47. The van der Waals surface area contributed by atoms with Crippen LogP contribution in [0.25, 0.3) is 0 Å². The molecule has 0 unspecified atom stereocenters. The van der Waals surface area contributed by atoms with Gasteiger partial charge in [-0.15, -0.1) is 23.2 Å². The quantitative estimate of drug-likeness (QED) is 0.564. The Balaban J connectivity index is 3.12. The highest BCUT2D eigenvalue weighted by Crippen LogP contribution is 2.27. The lowest BCUT2D eigenvalue weighted by atomic mass is 10.1. The number of alkyl halides is 2. The van der Waals surface area contributed by atoms with E-state index in [-0.39, 0.29) is 0 Å². The summed E-state index contributed by atoms with van der Waals surface area (Å²) in [5.41, 5.74) is 0.970. The van der Waals surface area contributed by atoms with Crippen LogP contribution in [0, 0.1) is 0 Å². The van der Waals surface area contributed by atoms with Crippen molar-refractivity contribution in [2.75, 3.05) is 7.11 Å². The van der Waals surface area contributed by atoms with Crippen molar-refractivity contribution in [3.8, 4) is 0 Å². The SMILES string of the molecule is COC(=O)c1ccccc1C(Cl)Cl. The van der Waals surface area contributed by atoms with Gasteiger partial charge in [0, 0.05) is 0 Å². The van der Waals surface area contributed by atoms with Crippen molar-refractivity contribution in [2.45, 2.75) is 4.84 Å². The van der Waals surface area contributed by atoms with Crippen LogP contribution >= 0.6 is 23.2 Å². The van der Waals surface area contributed by atoms with Gasteiger partial charge in [-0.2, -0.15) is 0 Å². The molecule has 1 aromatic carbocycles. The number of hydrogen-bond acceptors (Lipinski definition) is 2. The van der Waals surface area contributed by atoms with E-state index < -0.39 is 10.8 Å². The summed E-state index contributed by atoms with van der Waals surface area (Å²) in [5, 5.41) is 0. The zero-order chi connectivity index (χ0) is 9.84. The standard InChI is InChI=1S/C9H8Cl2O2/c1-13-9(12)7-5-3-2-4-6(7)8(10)11/h2-5,8H,1H3. The van der Waals surface area contributed by atoms with Gasteiger partial charge in [0.05, 0.1) is 12.7 Å². The third-order valence-electron chi connectivity index (χ3n) is 1.60. The van der Waals surface area contributed by atoms with E-state index in [2.05, 4.69) is 4.74 Å². The van der Waals surface area contributed by atoms with Gasteiger partial charge >= 0.3 is 5.97 Å². The molecule has 0 saturated carbocycles. The predicted octanol–water partition coefficient (Wildman–Crippen LogP) is 2.95. The Labute approximate surface area is 86.4 Å². The molecule has 4 heteroatoms.